The molecule has 3 heteroatoms. The number of benzene rings is 2. The van der Waals surface area contributed by atoms with Crippen molar-refractivity contribution in [2.45, 2.75) is 25.9 Å². The molecule has 0 aliphatic heterocycles. The quantitative estimate of drug-likeness (QED) is 0.916. The van der Waals surface area contributed by atoms with E-state index in [2.05, 4.69) is 31.2 Å². The Kier molecular flexibility index (Phi) is 5.12. The second kappa shape index (κ2) is 7.04. The summed E-state index contributed by atoms with van der Waals surface area (Å²) in [6, 6.07) is 17.2. The third-order valence-corrected chi connectivity index (χ3v) is 3.65. The van der Waals surface area contributed by atoms with Gasteiger partial charge in [0.25, 0.3) is 0 Å². The van der Waals surface area contributed by atoms with Crippen LogP contribution in [0, 0.1) is 0 Å². The van der Waals surface area contributed by atoms with Crippen molar-refractivity contribution in [3.05, 3.63) is 71.3 Å². The van der Waals surface area contributed by atoms with Crippen molar-refractivity contribution in [1.82, 2.24) is 4.90 Å². The molecule has 0 heterocycles. The van der Waals surface area contributed by atoms with Gasteiger partial charge in [-0.3, -0.25) is 4.79 Å². The highest BCUT2D eigenvalue weighted by Gasteiger charge is 2.19. The lowest BCUT2D eigenvalue weighted by Crippen LogP contribution is -2.35. The average molecular weight is 282 g/mol. The second-order valence-corrected chi connectivity index (χ2v) is 5.25. The van der Waals surface area contributed by atoms with E-state index in [0.717, 1.165) is 17.5 Å². The van der Waals surface area contributed by atoms with Crippen LogP contribution in [0.2, 0.25) is 0 Å². The first-order valence-electron chi connectivity index (χ1n) is 7.25. The maximum atomic E-state index is 12.4. The molecule has 2 N–H and O–H groups in total. The molecule has 2 aromatic carbocycles. The van der Waals surface area contributed by atoms with Crippen LogP contribution in [-0.4, -0.2) is 17.9 Å². The van der Waals surface area contributed by atoms with Crippen LogP contribution in [-0.2, 0) is 17.8 Å². The van der Waals surface area contributed by atoms with E-state index < -0.39 is 6.04 Å². The molecule has 0 saturated heterocycles. The molecule has 0 fully saturated rings. The minimum Gasteiger partial charge on any atom is -0.340 e. The molecule has 0 aliphatic rings. The molecule has 2 rings (SSSR count). The van der Waals surface area contributed by atoms with E-state index in [1.807, 2.05) is 30.3 Å². The lowest BCUT2D eigenvalue weighted by Gasteiger charge is -2.21. The summed E-state index contributed by atoms with van der Waals surface area (Å²) in [6.45, 7) is 2.70. The maximum absolute atomic E-state index is 12.4. The lowest BCUT2D eigenvalue weighted by atomic mass is 10.1. The van der Waals surface area contributed by atoms with E-state index in [4.69, 9.17) is 5.73 Å². The van der Waals surface area contributed by atoms with Crippen LogP contribution >= 0.6 is 0 Å². The zero-order valence-corrected chi connectivity index (χ0v) is 12.6. The van der Waals surface area contributed by atoms with Crippen LogP contribution in [0.5, 0.6) is 0 Å². The van der Waals surface area contributed by atoms with E-state index in [1.54, 1.807) is 11.9 Å². The van der Waals surface area contributed by atoms with Gasteiger partial charge in [-0.25, -0.2) is 0 Å². The summed E-state index contributed by atoms with van der Waals surface area (Å²) in [6.07, 6.45) is 1.02. The number of aryl methyl sites for hydroxylation is 1. The minimum absolute atomic E-state index is 0.0687. The van der Waals surface area contributed by atoms with Gasteiger partial charge in [-0.15, -0.1) is 0 Å². The Balaban J connectivity index is 2.01. The SMILES string of the molecule is CCc1ccc(CN(C)C(=O)C(N)c2ccccc2)cc1. The Morgan fingerprint density at radius 3 is 2.19 bits per heavy atom. The normalized spacial score (nSPS) is 12.0. The fourth-order valence-electron chi connectivity index (χ4n) is 2.27. The molecule has 110 valence electrons. The van der Waals surface area contributed by atoms with Crippen LogP contribution in [0.25, 0.3) is 0 Å². The molecule has 1 amide bonds. The van der Waals surface area contributed by atoms with Crippen molar-refractivity contribution in [1.29, 1.82) is 0 Å². The Morgan fingerprint density at radius 1 is 1.05 bits per heavy atom. The fourth-order valence-corrected chi connectivity index (χ4v) is 2.27. The number of nitrogens with two attached hydrogens (primary N) is 1. The summed E-state index contributed by atoms with van der Waals surface area (Å²) in [5, 5.41) is 0. The standard InChI is InChI=1S/C18H22N2O/c1-3-14-9-11-15(12-10-14)13-20(2)18(21)17(19)16-7-5-4-6-8-16/h4-12,17H,3,13,19H2,1-2H3. The van der Waals surface area contributed by atoms with Crippen molar-refractivity contribution < 1.29 is 4.79 Å². The van der Waals surface area contributed by atoms with Gasteiger partial charge in [-0.05, 0) is 23.1 Å². The van der Waals surface area contributed by atoms with Crippen LogP contribution in [0.1, 0.15) is 29.7 Å². The number of likely N-dealkylation sites (N-methyl/N-ethyl adjacent to an activating group) is 1. The zero-order valence-electron chi connectivity index (χ0n) is 12.6. The van der Waals surface area contributed by atoms with Gasteiger partial charge >= 0.3 is 0 Å². The lowest BCUT2D eigenvalue weighted by molar-refractivity contribution is -0.131. The van der Waals surface area contributed by atoms with Gasteiger partial charge < -0.3 is 10.6 Å². The van der Waals surface area contributed by atoms with Gasteiger partial charge in [0, 0.05) is 13.6 Å². The van der Waals surface area contributed by atoms with Gasteiger partial charge in [-0.1, -0.05) is 61.5 Å². The number of carbonyl (C=O) groups excluding carboxylic acids is 1. The molecular weight excluding hydrogens is 260 g/mol. The summed E-state index contributed by atoms with van der Waals surface area (Å²) in [5.41, 5.74) is 9.30. The molecule has 1 atom stereocenters. The maximum Gasteiger partial charge on any atom is 0.244 e. The van der Waals surface area contributed by atoms with Crippen molar-refractivity contribution in [3.63, 3.8) is 0 Å². The van der Waals surface area contributed by atoms with Gasteiger partial charge in [0.05, 0.1) is 0 Å². The van der Waals surface area contributed by atoms with Crippen LogP contribution < -0.4 is 5.73 Å². The second-order valence-electron chi connectivity index (χ2n) is 5.25. The summed E-state index contributed by atoms with van der Waals surface area (Å²) >= 11 is 0. The van der Waals surface area contributed by atoms with E-state index in [1.165, 1.54) is 5.56 Å². The number of hydrogen-bond acceptors (Lipinski definition) is 2. The summed E-state index contributed by atoms with van der Waals surface area (Å²) in [7, 11) is 1.79. The number of nitrogens with zero attached hydrogens (tertiary/aromatic N) is 1. The third-order valence-electron chi connectivity index (χ3n) is 3.65. The largest absolute Gasteiger partial charge is 0.340 e. The molecule has 0 bridgehead atoms. The van der Waals surface area contributed by atoms with Gasteiger partial charge in [-0.2, -0.15) is 0 Å². The molecule has 0 spiro atoms. The van der Waals surface area contributed by atoms with Crippen molar-refractivity contribution >= 4 is 5.91 Å². The smallest absolute Gasteiger partial charge is 0.244 e. The molecule has 2 aromatic rings. The molecule has 0 aliphatic carbocycles. The highest BCUT2D eigenvalue weighted by molar-refractivity contribution is 5.82. The average Bonchev–Trinajstić information content (AvgIpc) is 2.55. The molecule has 0 radical (unpaired) electrons. The van der Waals surface area contributed by atoms with E-state index >= 15 is 0 Å². The first-order valence-corrected chi connectivity index (χ1v) is 7.25. The molecule has 0 aromatic heterocycles. The molecule has 0 saturated carbocycles. The molecule has 3 nitrogen and oxygen atoms in total. The monoisotopic (exact) mass is 282 g/mol. The number of rotatable bonds is 5. The van der Waals surface area contributed by atoms with E-state index in [0.29, 0.717) is 6.54 Å². The Morgan fingerprint density at radius 2 is 1.62 bits per heavy atom. The highest BCUT2D eigenvalue weighted by atomic mass is 16.2. The predicted octanol–water partition coefficient (Wildman–Crippen LogP) is 2.91. The zero-order chi connectivity index (χ0) is 15.2. The van der Waals surface area contributed by atoms with Crippen molar-refractivity contribution in [2.24, 2.45) is 5.73 Å². The molecular formula is C18H22N2O. The van der Waals surface area contributed by atoms with Crippen LogP contribution in [0.4, 0.5) is 0 Å². The Hall–Kier alpha value is -2.13. The highest BCUT2D eigenvalue weighted by Crippen LogP contribution is 2.14. The minimum atomic E-state index is -0.605. The first-order chi connectivity index (χ1) is 10.1. The van der Waals surface area contributed by atoms with Crippen LogP contribution in [0.3, 0.4) is 0 Å². The first kappa shape index (κ1) is 15.3. The third kappa shape index (κ3) is 3.92. The number of carbonyl (C=O) groups is 1. The predicted molar refractivity (Wildman–Crippen MR) is 85.7 cm³/mol. The molecule has 1 unspecified atom stereocenters. The summed E-state index contributed by atoms with van der Waals surface area (Å²) in [4.78, 5) is 14.1. The van der Waals surface area contributed by atoms with E-state index in [-0.39, 0.29) is 5.91 Å². The fraction of sp³-hybridized carbons (Fsp3) is 0.278. The summed E-state index contributed by atoms with van der Waals surface area (Å²) < 4.78 is 0. The van der Waals surface area contributed by atoms with Gasteiger partial charge in [0.1, 0.15) is 6.04 Å². The number of hydrogen-bond donors (Lipinski definition) is 1. The Labute approximate surface area is 126 Å². The Bertz CT molecular complexity index is 578. The number of amides is 1. The van der Waals surface area contributed by atoms with Crippen LogP contribution in [0.15, 0.2) is 54.6 Å². The van der Waals surface area contributed by atoms with Gasteiger partial charge in [0.2, 0.25) is 5.91 Å². The topological polar surface area (TPSA) is 46.3 Å². The summed E-state index contributed by atoms with van der Waals surface area (Å²) in [5.74, 6) is -0.0687. The van der Waals surface area contributed by atoms with Crippen molar-refractivity contribution in [2.75, 3.05) is 7.05 Å². The molecule has 21 heavy (non-hydrogen) atoms. The van der Waals surface area contributed by atoms with Crippen molar-refractivity contribution in [3.8, 4) is 0 Å². The van der Waals surface area contributed by atoms with E-state index in [9.17, 15) is 4.79 Å². The van der Waals surface area contributed by atoms with Gasteiger partial charge in [0.15, 0.2) is 0 Å².